The normalized spacial score (nSPS) is 35.2. The number of carbonyl (C=O) groups excluding carboxylic acids is 1. The number of amides is 1. The van der Waals surface area contributed by atoms with E-state index < -0.39 is 0 Å². The van der Waals surface area contributed by atoms with Gasteiger partial charge in [-0.3, -0.25) is 4.79 Å². The molecule has 0 saturated carbocycles. The lowest BCUT2D eigenvalue weighted by atomic mass is 9.85. The van der Waals surface area contributed by atoms with E-state index in [-0.39, 0.29) is 0 Å². The third kappa shape index (κ3) is 1.87. The summed E-state index contributed by atoms with van der Waals surface area (Å²) in [5.74, 6) is 2.16. The van der Waals surface area contributed by atoms with E-state index in [4.69, 9.17) is 0 Å². The second-order valence-corrected chi connectivity index (χ2v) is 6.09. The van der Waals surface area contributed by atoms with Crippen LogP contribution in [0.15, 0.2) is 0 Å². The molecule has 2 heterocycles. The minimum absolute atomic E-state index is 0.332. The van der Waals surface area contributed by atoms with E-state index in [9.17, 15) is 4.79 Å². The van der Waals surface area contributed by atoms with Crippen LogP contribution < -0.4 is 0 Å². The maximum Gasteiger partial charge on any atom is 0.226 e. The molecule has 4 unspecified atom stereocenters. The molecule has 2 saturated heterocycles. The number of fused-ring (bicyclic) bond motifs is 1. The van der Waals surface area contributed by atoms with E-state index in [2.05, 4.69) is 32.6 Å². The first kappa shape index (κ1) is 11.9. The minimum atomic E-state index is 0.332. The van der Waals surface area contributed by atoms with Crippen LogP contribution in [0.1, 0.15) is 53.4 Å². The molecule has 2 nitrogen and oxygen atoms in total. The molecule has 1 amide bonds. The monoisotopic (exact) mass is 223 g/mol. The van der Waals surface area contributed by atoms with Crippen molar-refractivity contribution in [2.45, 2.75) is 65.5 Å². The highest BCUT2D eigenvalue weighted by molar-refractivity contribution is 5.83. The first-order chi connectivity index (χ1) is 7.54. The van der Waals surface area contributed by atoms with Gasteiger partial charge in [0.15, 0.2) is 0 Å². The molecule has 2 heteroatoms. The number of carbonyl (C=O) groups is 1. The molecule has 0 bridgehead atoms. The van der Waals surface area contributed by atoms with Crippen LogP contribution in [0, 0.1) is 17.8 Å². The molecule has 2 fully saturated rings. The highest BCUT2D eigenvalue weighted by Gasteiger charge is 2.49. The molecule has 0 aromatic heterocycles. The fourth-order valence-electron chi connectivity index (χ4n) is 3.19. The smallest absolute Gasteiger partial charge is 0.226 e. The Morgan fingerprint density at radius 1 is 1.31 bits per heavy atom. The Morgan fingerprint density at radius 2 is 2.00 bits per heavy atom. The van der Waals surface area contributed by atoms with Gasteiger partial charge in [0.25, 0.3) is 0 Å². The van der Waals surface area contributed by atoms with Crippen LogP contribution in [0.3, 0.4) is 0 Å². The maximum atomic E-state index is 12.2. The predicted octanol–water partition coefficient (Wildman–Crippen LogP) is 3.07. The maximum absolute atomic E-state index is 12.2. The molecule has 4 atom stereocenters. The average Bonchev–Trinajstić information content (AvgIpc) is 2.41. The van der Waals surface area contributed by atoms with E-state index >= 15 is 0 Å². The molecular weight excluding hydrogens is 198 g/mol. The fraction of sp³-hybridized carbons (Fsp3) is 0.929. The molecule has 92 valence electrons. The molecule has 2 aliphatic rings. The Balaban J connectivity index is 1.92. The van der Waals surface area contributed by atoms with Gasteiger partial charge in [-0.05, 0) is 37.5 Å². The molecule has 0 aliphatic carbocycles. The Bertz CT molecular complexity index is 274. The van der Waals surface area contributed by atoms with Gasteiger partial charge < -0.3 is 4.90 Å². The van der Waals surface area contributed by atoms with Crippen LogP contribution in [-0.4, -0.2) is 22.9 Å². The van der Waals surface area contributed by atoms with Crippen molar-refractivity contribution in [2.24, 2.45) is 17.8 Å². The van der Waals surface area contributed by atoms with Crippen molar-refractivity contribution in [2.75, 3.05) is 0 Å². The zero-order chi connectivity index (χ0) is 11.9. The second kappa shape index (κ2) is 4.38. The van der Waals surface area contributed by atoms with Crippen LogP contribution in [0.2, 0.25) is 0 Å². The van der Waals surface area contributed by atoms with Crippen LogP contribution in [-0.2, 0) is 4.79 Å². The third-order valence-electron chi connectivity index (χ3n) is 4.76. The number of nitrogens with zero attached hydrogens (tertiary/aromatic N) is 1. The standard InChI is InChI=1S/C14H25NO/c1-5-12-8-13-7-11(14(16)15(12)13)6-10(4)9(2)3/h9-13H,5-8H2,1-4H3. The van der Waals surface area contributed by atoms with Gasteiger partial charge in [0.1, 0.15) is 0 Å². The van der Waals surface area contributed by atoms with Gasteiger partial charge >= 0.3 is 0 Å². The summed E-state index contributed by atoms with van der Waals surface area (Å²) in [5, 5.41) is 0. The average molecular weight is 223 g/mol. The number of rotatable bonds is 4. The summed E-state index contributed by atoms with van der Waals surface area (Å²) in [6, 6.07) is 1.17. The summed E-state index contributed by atoms with van der Waals surface area (Å²) >= 11 is 0. The Morgan fingerprint density at radius 3 is 2.56 bits per heavy atom. The first-order valence-corrected chi connectivity index (χ1v) is 6.86. The molecular formula is C14H25NO. The van der Waals surface area contributed by atoms with Gasteiger partial charge in [0, 0.05) is 18.0 Å². The summed E-state index contributed by atoms with van der Waals surface area (Å²) in [7, 11) is 0. The zero-order valence-electron chi connectivity index (χ0n) is 11.1. The van der Waals surface area contributed by atoms with Gasteiger partial charge in [-0.1, -0.05) is 27.7 Å². The first-order valence-electron chi connectivity index (χ1n) is 6.86. The Labute approximate surface area is 99.4 Å². The SMILES string of the molecule is CCC1CC2CC(CC(C)C(C)C)C(=O)N12. The minimum Gasteiger partial charge on any atom is -0.336 e. The van der Waals surface area contributed by atoms with E-state index in [1.165, 1.54) is 6.42 Å². The van der Waals surface area contributed by atoms with Gasteiger partial charge in [-0.15, -0.1) is 0 Å². The van der Waals surface area contributed by atoms with Crippen molar-refractivity contribution < 1.29 is 4.79 Å². The molecule has 0 aromatic carbocycles. The van der Waals surface area contributed by atoms with E-state index in [0.29, 0.717) is 35.7 Å². The van der Waals surface area contributed by atoms with Gasteiger partial charge in [0.2, 0.25) is 5.91 Å². The zero-order valence-corrected chi connectivity index (χ0v) is 11.1. The lowest BCUT2D eigenvalue weighted by molar-refractivity contribution is -0.140. The quantitative estimate of drug-likeness (QED) is 0.717. The van der Waals surface area contributed by atoms with E-state index in [0.717, 1.165) is 19.3 Å². The largest absolute Gasteiger partial charge is 0.336 e. The van der Waals surface area contributed by atoms with Crippen molar-refractivity contribution in [3.05, 3.63) is 0 Å². The highest BCUT2D eigenvalue weighted by Crippen LogP contribution is 2.42. The molecule has 16 heavy (non-hydrogen) atoms. The molecule has 2 rings (SSSR count). The third-order valence-corrected chi connectivity index (χ3v) is 4.76. The van der Waals surface area contributed by atoms with Crippen molar-refractivity contribution >= 4 is 5.91 Å². The summed E-state index contributed by atoms with van der Waals surface area (Å²) in [4.78, 5) is 14.4. The topological polar surface area (TPSA) is 20.3 Å². The highest BCUT2D eigenvalue weighted by atomic mass is 16.2. The molecule has 0 N–H and O–H groups in total. The molecule has 0 aromatic rings. The van der Waals surface area contributed by atoms with E-state index in [1.54, 1.807) is 0 Å². The second-order valence-electron chi connectivity index (χ2n) is 6.09. The van der Waals surface area contributed by atoms with Crippen molar-refractivity contribution in [3.8, 4) is 0 Å². The molecule has 2 aliphatic heterocycles. The van der Waals surface area contributed by atoms with Crippen LogP contribution in [0.4, 0.5) is 0 Å². The predicted molar refractivity (Wildman–Crippen MR) is 66.1 cm³/mol. The summed E-state index contributed by atoms with van der Waals surface area (Å²) in [6.07, 6.45) is 4.62. The Kier molecular flexibility index (Phi) is 3.27. The lowest BCUT2D eigenvalue weighted by Crippen LogP contribution is -2.53. The van der Waals surface area contributed by atoms with Crippen LogP contribution in [0.5, 0.6) is 0 Å². The van der Waals surface area contributed by atoms with Gasteiger partial charge in [-0.2, -0.15) is 0 Å². The van der Waals surface area contributed by atoms with Gasteiger partial charge in [0.05, 0.1) is 0 Å². The number of hydrogen-bond donors (Lipinski definition) is 0. The lowest BCUT2D eigenvalue weighted by Gasteiger charge is -2.44. The summed E-state index contributed by atoms with van der Waals surface area (Å²) < 4.78 is 0. The van der Waals surface area contributed by atoms with Crippen LogP contribution in [0.25, 0.3) is 0 Å². The summed E-state index contributed by atoms with van der Waals surface area (Å²) in [6.45, 7) is 8.99. The van der Waals surface area contributed by atoms with E-state index in [1.807, 2.05) is 0 Å². The molecule has 0 spiro atoms. The van der Waals surface area contributed by atoms with Crippen LogP contribution >= 0.6 is 0 Å². The fourth-order valence-corrected chi connectivity index (χ4v) is 3.19. The Hall–Kier alpha value is -0.530. The molecule has 0 radical (unpaired) electrons. The van der Waals surface area contributed by atoms with Crippen molar-refractivity contribution in [3.63, 3.8) is 0 Å². The van der Waals surface area contributed by atoms with Gasteiger partial charge in [-0.25, -0.2) is 0 Å². The van der Waals surface area contributed by atoms with Crippen molar-refractivity contribution in [1.82, 2.24) is 4.90 Å². The number of hydrogen-bond acceptors (Lipinski definition) is 1. The summed E-state index contributed by atoms with van der Waals surface area (Å²) in [5.41, 5.74) is 0. The van der Waals surface area contributed by atoms with Crippen molar-refractivity contribution in [1.29, 1.82) is 0 Å².